The quantitative estimate of drug-likeness (QED) is 0.548. The van der Waals surface area contributed by atoms with Crippen molar-refractivity contribution in [3.63, 3.8) is 0 Å². The molecule has 0 aliphatic carbocycles. The Morgan fingerprint density at radius 1 is 1.50 bits per heavy atom. The highest BCUT2D eigenvalue weighted by molar-refractivity contribution is 5.56. The van der Waals surface area contributed by atoms with Crippen LogP contribution in [0.1, 0.15) is 12.0 Å². The van der Waals surface area contributed by atoms with Gasteiger partial charge in [0.05, 0.1) is 12.2 Å². The number of nitrogens with zero attached hydrogens (tertiary/aromatic N) is 1. The summed E-state index contributed by atoms with van der Waals surface area (Å²) < 4.78 is 5.28. The third-order valence-electron chi connectivity index (χ3n) is 1.72. The molecule has 1 aromatic rings. The monoisotopic (exact) mass is 192 g/mol. The van der Waals surface area contributed by atoms with Crippen LogP contribution in [0.15, 0.2) is 18.2 Å². The Bertz CT molecular complexity index is 344. The predicted molar refractivity (Wildman–Crippen MR) is 52.8 cm³/mol. The minimum atomic E-state index is 0.0973. The lowest BCUT2D eigenvalue weighted by molar-refractivity contribution is 0.233. The zero-order valence-electron chi connectivity index (χ0n) is 7.73. The summed E-state index contributed by atoms with van der Waals surface area (Å²) in [4.78, 5) is 0. The minimum absolute atomic E-state index is 0.0973. The third kappa shape index (κ3) is 2.64. The molecule has 0 aliphatic heterocycles. The Balaban J connectivity index is 2.66. The van der Waals surface area contributed by atoms with Crippen LogP contribution in [0.2, 0.25) is 0 Å². The van der Waals surface area contributed by atoms with E-state index in [4.69, 9.17) is 20.8 Å². The van der Waals surface area contributed by atoms with E-state index in [1.165, 1.54) is 0 Å². The molecule has 1 rings (SSSR count). The van der Waals surface area contributed by atoms with Gasteiger partial charge >= 0.3 is 0 Å². The number of anilines is 1. The molecule has 0 fully saturated rings. The molecule has 4 heteroatoms. The lowest BCUT2D eigenvalue weighted by atomic mass is 10.2. The molecule has 0 radical (unpaired) electrons. The van der Waals surface area contributed by atoms with Gasteiger partial charge in [-0.2, -0.15) is 5.26 Å². The molecule has 0 amide bonds. The first-order valence-corrected chi connectivity index (χ1v) is 4.31. The van der Waals surface area contributed by atoms with Gasteiger partial charge in [0, 0.05) is 18.7 Å². The molecular formula is C10H12N2O2. The van der Waals surface area contributed by atoms with Crippen molar-refractivity contribution >= 4 is 5.69 Å². The van der Waals surface area contributed by atoms with Crippen molar-refractivity contribution in [3.05, 3.63) is 23.8 Å². The summed E-state index contributed by atoms with van der Waals surface area (Å²) in [5.41, 5.74) is 6.39. The van der Waals surface area contributed by atoms with E-state index in [1.807, 2.05) is 6.07 Å². The fraction of sp³-hybridized carbons (Fsp3) is 0.300. The maximum atomic E-state index is 8.69. The molecular weight excluding hydrogens is 180 g/mol. The van der Waals surface area contributed by atoms with Crippen molar-refractivity contribution in [2.45, 2.75) is 6.42 Å². The van der Waals surface area contributed by atoms with Crippen molar-refractivity contribution in [2.24, 2.45) is 0 Å². The lowest BCUT2D eigenvalue weighted by Crippen LogP contribution is -2.00. The number of aliphatic hydroxyl groups excluding tert-OH is 1. The summed E-state index contributed by atoms with van der Waals surface area (Å²) in [6.07, 6.45) is 0.576. The summed E-state index contributed by atoms with van der Waals surface area (Å²) in [6.45, 7) is 0.533. The Kier molecular flexibility index (Phi) is 3.77. The largest absolute Gasteiger partial charge is 0.493 e. The number of ether oxygens (including phenoxy) is 1. The zero-order chi connectivity index (χ0) is 10.4. The van der Waals surface area contributed by atoms with Crippen LogP contribution in [0.25, 0.3) is 0 Å². The highest BCUT2D eigenvalue weighted by atomic mass is 16.5. The van der Waals surface area contributed by atoms with Gasteiger partial charge in [-0.15, -0.1) is 0 Å². The number of aliphatic hydroxyl groups is 1. The number of nitrogens with two attached hydrogens (primary N) is 1. The van der Waals surface area contributed by atoms with Crippen LogP contribution in [0.4, 0.5) is 5.69 Å². The highest BCUT2D eigenvalue weighted by Crippen LogP contribution is 2.18. The molecule has 0 unspecified atom stereocenters. The van der Waals surface area contributed by atoms with Crippen LogP contribution in [0, 0.1) is 11.3 Å². The SMILES string of the molecule is N#Cc1cc(OCCCO)ccc1N. The van der Waals surface area contributed by atoms with E-state index in [9.17, 15) is 0 Å². The number of rotatable bonds is 4. The van der Waals surface area contributed by atoms with Crippen LogP contribution in [0.3, 0.4) is 0 Å². The molecule has 0 atom stereocenters. The molecule has 4 nitrogen and oxygen atoms in total. The number of hydrogen-bond acceptors (Lipinski definition) is 4. The number of hydrogen-bond donors (Lipinski definition) is 2. The van der Waals surface area contributed by atoms with E-state index in [1.54, 1.807) is 18.2 Å². The first-order valence-electron chi connectivity index (χ1n) is 4.31. The van der Waals surface area contributed by atoms with E-state index < -0.39 is 0 Å². The van der Waals surface area contributed by atoms with Gasteiger partial charge in [0.25, 0.3) is 0 Å². The van der Waals surface area contributed by atoms with Gasteiger partial charge in [-0.25, -0.2) is 0 Å². The maximum absolute atomic E-state index is 8.69. The maximum Gasteiger partial charge on any atom is 0.120 e. The van der Waals surface area contributed by atoms with E-state index in [-0.39, 0.29) is 6.61 Å². The third-order valence-corrected chi connectivity index (χ3v) is 1.72. The fourth-order valence-electron chi connectivity index (χ4n) is 0.977. The molecule has 0 aliphatic rings. The summed E-state index contributed by atoms with van der Waals surface area (Å²) in [5.74, 6) is 0.601. The first kappa shape index (κ1) is 10.4. The van der Waals surface area contributed by atoms with Crippen LogP contribution in [-0.4, -0.2) is 18.3 Å². The molecule has 0 bridgehead atoms. The van der Waals surface area contributed by atoms with Crippen LogP contribution >= 0.6 is 0 Å². The summed E-state index contributed by atoms with van der Waals surface area (Å²) >= 11 is 0. The summed E-state index contributed by atoms with van der Waals surface area (Å²) in [6, 6.07) is 6.90. The predicted octanol–water partition coefficient (Wildman–Crippen LogP) is 0.902. The van der Waals surface area contributed by atoms with Crippen LogP contribution in [0.5, 0.6) is 5.75 Å². The molecule has 0 saturated carbocycles. The second kappa shape index (κ2) is 5.10. The molecule has 0 saturated heterocycles. The molecule has 0 spiro atoms. The number of benzene rings is 1. The van der Waals surface area contributed by atoms with Gasteiger partial charge in [0.2, 0.25) is 0 Å². The average molecular weight is 192 g/mol. The Morgan fingerprint density at radius 3 is 2.93 bits per heavy atom. The summed E-state index contributed by atoms with van der Waals surface area (Å²) in [5, 5.41) is 17.2. The van der Waals surface area contributed by atoms with Gasteiger partial charge in [-0.05, 0) is 18.2 Å². The van der Waals surface area contributed by atoms with Gasteiger partial charge in [-0.1, -0.05) is 0 Å². The van der Waals surface area contributed by atoms with Crippen molar-refractivity contribution in [1.82, 2.24) is 0 Å². The molecule has 0 aromatic heterocycles. The van der Waals surface area contributed by atoms with E-state index in [0.29, 0.717) is 30.0 Å². The Morgan fingerprint density at radius 2 is 2.29 bits per heavy atom. The minimum Gasteiger partial charge on any atom is -0.493 e. The van der Waals surface area contributed by atoms with E-state index in [2.05, 4.69) is 0 Å². The molecule has 0 heterocycles. The lowest BCUT2D eigenvalue weighted by Gasteiger charge is -2.05. The summed E-state index contributed by atoms with van der Waals surface area (Å²) in [7, 11) is 0. The number of nitrogen functional groups attached to an aromatic ring is 1. The van der Waals surface area contributed by atoms with Gasteiger partial charge in [0.1, 0.15) is 11.8 Å². The molecule has 1 aromatic carbocycles. The number of nitriles is 1. The standard InChI is InChI=1S/C10H12N2O2/c11-7-8-6-9(2-3-10(8)12)14-5-1-4-13/h2-3,6,13H,1,4-5,12H2. The Hall–Kier alpha value is -1.73. The zero-order valence-corrected chi connectivity index (χ0v) is 7.73. The first-order chi connectivity index (χ1) is 6.77. The van der Waals surface area contributed by atoms with Crippen molar-refractivity contribution in [2.75, 3.05) is 18.9 Å². The van der Waals surface area contributed by atoms with Crippen molar-refractivity contribution in [1.29, 1.82) is 5.26 Å². The van der Waals surface area contributed by atoms with Gasteiger partial charge < -0.3 is 15.6 Å². The van der Waals surface area contributed by atoms with Crippen LogP contribution in [-0.2, 0) is 0 Å². The molecule has 14 heavy (non-hydrogen) atoms. The van der Waals surface area contributed by atoms with Gasteiger partial charge in [0.15, 0.2) is 0 Å². The molecule has 74 valence electrons. The van der Waals surface area contributed by atoms with Crippen LogP contribution < -0.4 is 10.5 Å². The second-order valence-corrected chi connectivity index (χ2v) is 2.79. The van der Waals surface area contributed by atoms with E-state index in [0.717, 1.165) is 0 Å². The second-order valence-electron chi connectivity index (χ2n) is 2.79. The van der Waals surface area contributed by atoms with Crippen molar-refractivity contribution in [3.8, 4) is 11.8 Å². The molecule has 3 N–H and O–H groups in total. The smallest absolute Gasteiger partial charge is 0.120 e. The Labute approximate surface area is 82.5 Å². The highest BCUT2D eigenvalue weighted by Gasteiger charge is 2.00. The average Bonchev–Trinajstić information content (AvgIpc) is 2.21. The van der Waals surface area contributed by atoms with E-state index >= 15 is 0 Å². The topological polar surface area (TPSA) is 79.3 Å². The van der Waals surface area contributed by atoms with Crippen molar-refractivity contribution < 1.29 is 9.84 Å². The normalized spacial score (nSPS) is 9.43. The van der Waals surface area contributed by atoms with Gasteiger partial charge in [-0.3, -0.25) is 0 Å². The fourth-order valence-corrected chi connectivity index (χ4v) is 0.977.